The summed E-state index contributed by atoms with van der Waals surface area (Å²) in [6.07, 6.45) is 3.24. The van der Waals surface area contributed by atoms with E-state index in [-0.39, 0.29) is 24.8 Å². The fourth-order valence-electron chi connectivity index (χ4n) is 2.48. The Kier molecular flexibility index (Phi) is 4.01. The topological polar surface area (TPSA) is 84.0 Å². The van der Waals surface area contributed by atoms with E-state index < -0.39 is 11.7 Å². The number of aryl methyl sites for hydroxylation is 1. The molecule has 0 radical (unpaired) electrons. The first kappa shape index (κ1) is 15.1. The van der Waals surface area contributed by atoms with Crippen molar-refractivity contribution < 1.29 is 14.0 Å². The first-order valence-corrected chi connectivity index (χ1v) is 7.17. The Bertz CT molecular complexity index is 761. The van der Waals surface area contributed by atoms with Crippen molar-refractivity contribution in [1.82, 2.24) is 15.3 Å². The fraction of sp³-hybridized carbons (Fsp3) is 0.250. The average Bonchev–Trinajstić information content (AvgIpc) is 2.52. The Morgan fingerprint density at radius 1 is 1.39 bits per heavy atom. The molecule has 23 heavy (non-hydrogen) atoms. The lowest BCUT2D eigenvalue weighted by Crippen LogP contribution is -2.35. The number of nitrogens with one attached hydrogen (secondary N) is 2. The number of nitrogens with zero attached hydrogens (tertiary/aromatic N) is 2. The number of benzene rings is 1. The summed E-state index contributed by atoms with van der Waals surface area (Å²) in [5.74, 6) is -1.70. The van der Waals surface area contributed by atoms with E-state index in [4.69, 9.17) is 0 Å². The van der Waals surface area contributed by atoms with Gasteiger partial charge in [-0.1, -0.05) is 6.07 Å². The molecule has 0 spiro atoms. The monoisotopic (exact) mass is 314 g/mol. The van der Waals surface area contributed by atoms with E-state index in [9.17, 15) is 14.0 Å². The summed E-state index contributed by atoms with van der Waals surface area (Å²) in [6, 6.07) is 4.03. The van der Waals surface area contributed by atoms with E-state index in [2.05, 4.69) is 20.6 Å². The first-order chi connectivity index (χ1) is 11.0. The Morgan fingerprint density at radius 2 is 2.22 bits per heavy atom. The predicted molar refractivity (Wildman–Crippen MR) is 81.0 cm³/mol. The van der Waals surface area contributed by atoms with Crippen LogP contribution in [0.4, 0.5) is 10.1 Å². The molecule has 2 amide bonds. The molecule has 2 aromatic rings. The highest BCUT2D eigenvalue weighted by Crippen LogP contribution is 2.32. The largest absolute Gasteiger partial charge is 0.350 e. The standard InChI is InChI=1S/C16H15FN4O2/c1-9-6-19-11(7-18-9)8-20-16(23)13-5-15(22)21-14-4-10(17)2-3-12(13)14/h2-4,6-7,13H,5,8H2,1H3,(H,20,23)(H,21,22)/t13-/m1/s1. The highest BCUT2D eigenvalue weighted by Gasteiger charge is 2.30. The maximum atomic E-state index is 13.3. The second kappa shape index (κ2) is 6.12. The lowest BCUT2D eigenvalue weighted by molar-refractivity contribution is -0.126. The average molecular weight is 314 g/mol. The molecule has 1 aliphatic heterocycles. The van der Waals surface area contributed by atoms with Crippen LogP contribution in [0.5, 0.6) is 0 Å². The van der Waals surface area contributed by atoms with Crippen molar-refractivity contribution in [3.05, 3.63) is 53.4 Å². The van der Waals surface area contributed by atoms with Crippen molar-refractivity contribution in [3.8, 4) is 0 Å². The summed E-state index contributed by atoms with van der Waals surface area (Å²) in [5, 5.41) is 5.33. The molecule has 2 N–H and O–H groups in total. The van der Waals surface area contributed by atoms with Crippen LogP contribution in [0, 0.1) is 12.7 Å². The van der Waals surface area contributed by atoms with Crippen LogP contribution < -0.4 is 10.6 Å². The normalized spacial score (nSPS) is 16.4. The highest BCUT2D eigenvalue weighted by atomic mass is 19.1. The predicted octanol–water partition coefficient (Wildman–Crippen LogP) is 1.67. The maximum Gasteiger partial charge on any atom is 0.228 e. The van der Waals surface area contributed by atoms with E-state index in [1.165, 1.54) is 18.2 Å². The molecule has 1 aliphatic rings. The molecule has 6 nitrogen and oxygen atoms in total. The third-order valence-corrected chi connectivity index (χ3v) is 3.65. The highest BCUT2D eigenvalue weighted by molar-refractivity contribution is 6.01. The van der Waals surface area contributed by atoms with Gasteiger partial charge in [0.1, 0.15) is 5.82 Å². The van der Waals surface area contributed by atoms with E-state index in [1.807, 2.05) is 6.92 Å². The molecule has 1 aromatic carbocycles. The Labute approximate surface area is 132 Å². The van der Waals surface area contributed by atoms with Gasteiger partial charge in [0.25, 0.3) is 0 Å². The quantitative estimate of drug-likeness (QED) is 0.902. The van der Waals surface area contributed by atoms with Crippen molar-refractivity contribution in [3.63, 3.8) is 0 Å². The van der Waals surface area contributed by atoms with Crippen LogP contribution in [0.2, 0.25) is 0 Å². The van der Waals surface area contributed by atoms with Crippen molar-refractivity contribution in [1.29, 1.82) is 0 Å². The minimum absolute atomic E-state index is 0.0318. The molecule has 1 aromatic heterocycles. The molecule has 0 unspecified atom stereocenters. The second-order valence-corrected chi connectivity index (χ2v) is 5.40. The molecule has 0 saturated heterocycles. The van der Waals surface area contributed by atoms with Gasteiger partial charge in [-0.3, -0.25) is 19.6 Å². The van der Waals surface area contributed by atoms with Crippen LogP contribution in [0.15, 0.2) is 30.6 Å². The van der Waals surface area contributed by atoms with Gasteiger partial charge < -0.3 is 10.6 Å². The van der Waals surface area contributed by atoms with Crippen LogP contribution in [0.1, 0.15) is 29.3 Å². The number of anilines is 1. The molecule has 3 rings (SSSR count). The van der Waals surface area contributed by atoms with Crippen LogP contribution >= 0.6 is 0 Å². The second-order valence-electron chi connectivity index (χ2n) is 5.40. The van der Waals surface area contributed by atoms with E-state index in [1.54, 1.807) is 12.4 Å². The van der Waals surface area contributed by atoms with Crippen molar-refractivity contribution in [2.45, 2.75) is 25.8 Å². The summed E-state index contributed by atoms with van der Waals surface area (Å²) in [4.78, 5) is 32.4. The van der Waals surface area contributed by atoms with Crippen molar-refractivity contribution in [2.75, 3.05) is 5.32 Å². The maximum absolute atomic E-state index is 13.3. The van der Waals surface area contributed by atoms with Gasteiger partial charge in [0.2, 0.25) is 11.8 Å². The number of fused-ring (bicyclic) bond motifs is 1. The van der Waals surface area contributed by atoms with Crippen LogP contribution in [-0.4, -0.2) is 21.8 Å². The molecular formula is C16H15FN4O2. The zero-order valence-corrected chi connectivity index (χ0v) is 12.5. The van der Waals surface area contributed by atoms with Gasteiger partial charge in [-0.2, -0.15) is 0 Å². The molecule has 118 valence electrons. The van der Waals surface area contributed by atoms with Crippen LogP contribution in [0.3, 0.4) is 0 Å². The van der Waals surface area contributed by atoms with Crippen molar-refractivity contribution >= 4 is 17.5 Å². The van der Waals surface area contributed by atoms with E-state index >= 15 is 0 Å². The summed E-state index contributed by atoms with van der Waals surface area (Å²) >= 11 is 0. The number of rotatable bonds is 3. The summed E-state index contributed by atoms with van der Waals surface area (Å²) < 4.78 is 13.3. The SMILES string of the molecule is Cc1cnc(CNC(=O)[C@@H]2CC(=O)Nc3cc(F)ccc32)cn1. The number of halogens is 1. The molecule has 0 bridgehead atoms. The van der Waals surface area contributed by atoms with Crippen LogP contribution in [0.25, 0.3) is 0 Å². The zero-order chi connectivity index (χ0) is 16.4. The Hall–Kier alpha value is -2.83. The van der Waals surface area contributed by atoms with Gasteiger partial charge in [-0.15, -0.1) is 0 Å². The van der Waals surface area contributed by atoms with Crippen molar-refractivity contribution in [2.24, 2.45) is 0 Å². The van der Waals surface area contributed by atoms with Gasteiger partial charge in [0, 0.05) is 18.3 Å². The van der Waals surface area contributed by atoms with Gasteiger partial charge >= 0.3 is 0 Å². The molecule has 0 aliphatic carbocycles. The van der Waals surface area contributed by atoms with E-state index in [0.717, 1.165) is 5.69 Å². The summed E-state index contributed by atoms with van der Waals surface area (Å²) in [6.45, 7) is 2.05. The molecular weight excluding hydrogens is 299 g/mol. The van der Waals surface area contributed by atoms with Crippen LogP contribution in [-0.2, 0) is 16.1 Å². The first-order valence-electron chi connectivity index (χ1n) is 7.17. The molecule has 0 fully saturated rings. The molecule has 2 heterocycles. The number of hydrogen-bond acceptors (Lipinski definition) is 4. The Morgan fingerprint density at radius 3 is 2.96 bits per heavy atom. The van der Waals surface area contributed by atoms with Gasteiger partial charge in [0.15, 0.2) is 0 Å². The van der Waals surface area contributed by atoms with E-state index in [0.29, 0.717) is 16.9 Å². The van der Waals surface area contributed by atoms with Gasteiger partial charge in [0.05, 0.1) is 30.0 Å². The van der Waals surface area contributed by atoms with Gasteiger partial charge in [-0.25, -0.2) is 4.39 Å². The number of carbonyl (C=O) groups excluding carboxylic acids is 2. The Balaban J connectivity index is 1.74. The number of amides is 2. The molecule has 1 atom stereocenters. The smallest absolute Gasteiger partial charge is 0.228 e. The third-order valence-electron chi connectivity index (χ3n) is 3.65. The minimum atomic E-state index is -0.641. The fourth-order valence-corrected chi connectivity index (χ4v) is 2.48. The number of hydrogen-bond donors (Lipinski definition) is 2. The molecule has 7 heteroatoms. The summed E-state index contributed by atoms with van der Waals surface area (Å²) in [5.41, 5.74) is 2.37. The third kappa shape index (κ3) is 3.33. The molecule has 0 saturated carbocycles. The number of aromatic nitrogens is 2. The summed E-state index contributed by atoms with van der Waals surface area (Å²) in [7, 11) is 0. The van der Waals surface area contributed by atoms with Gasteiger partial charge in [-0.05, 0) is 24.6 Å². The lowest BCUT2D eigenvalue weighted by Gasteiger charge is -2.24. The number of carbonyl (C=O) groups is 2. The minimum Gasteiger partial charge on any atom is -0.350 e. The lowest BCUT2D eigenvalue weighted by atomic mass is 9.89. The zero-order valence-electron chi connectivity index (χ0n) is 12.5.